The van der Waals surface area contributed by atoms with Gasteiger partial charge >= 0.3 is 0 Å². The van der Waals surface area contributed by atoms with Gasteiger partial charge in [-0.15, -0.1) is 0 Å². The number of phenols is 2. The quantitative estimate of drug-likeness (QED) is 0.437. The average molecular weight is 460 g/mol. The van der Waals surface area contributed by atoms with E-state index in [0.717, 1.165) is 59.0 Å². The van der Waals surface area contributed by atoms with Crippen molar-refractivity contribution in [2.24, 2.45) is 0 Å². The van der Waals surface area contributed by atoms with Crippen LogP contribution in [0.5, 0.6) is 23.0 Å². The minimum atomic E-state index is -0.0546. The highest BCUT2D eigenvalue weighted by Gasteiger charge is 2.27. The van der Waals surface area contributed by atoms with Gasteiger partial charge in [-0.05, 0) is 84.8 Å². The fourth-order valence-corrected chi connectivity index (χ4v) is 4.58. The molecule has 1 unspecified atom stereocenters. The van der Waals surface area contributed by atoms with E-state index >= 15 is 0 Å². The summed E-state index contributed by atoms with van der Waals surface area (Å²) < 4.78 is 12.2. The number of hydrogen-bond acceptors (Lipinski definition) is 5. The van der Waals surface area contributed by atoms with Crippen molar-refractivity contribution in [1.82, 2.24) is 4.90 Å². The number of hydrogen-bond donors (Lipinski definition) is 2. The van der Waals surface area contributed by atoms with Crippen molar-refractivity contribution in [2.75, 3.05) is 32.8 Å². The van der Waals surface area contributed by atoms with Crippen LogP contribution in [0.15, 0.2) is 66.7 Å². The molecule has 1 heterocycles. The maximum atomic E-state index is 10.2. The molecule has 0 radical (unpaired) electrons. The zero-order valence-electron chi connectivity index (χ0n) is 20.1. The monoisotopic (exact) mass is 459 g/mol. The van der Waals surface area contributed by atoms with Crippen molar-refractivity contribution in [2.45, 2.75) is 26.7 Å². The third-order valence-electron chi connectivity index (χ3n) is 6.54. The van der Waals surface area contributed by atoms with E-state index in [1.165, 1.54) is 0 Å². The molecular formula is C29H33NO4. The summed E-state index contributed by atoms with van der Waals surface area (Å²) in [5.74, 6) is 1.95. The Labute approximate surface area is 201 Å². The van der Waals surface area contributed by atoms with Gasteiger partial charge in [-0.25, -0.2) is 0 Å². The molecule has 5 heteroatoms. The Hall–Kier alpha value is -3.44. The lowest BCUT2D eigenvalue weighted by atomic mass is 9.83. The van der Waals surface area contributed by atoms with E-state index in [1.54, 1.807) is 24.3 Å². The number of phenolic OH excluding ortho intramolecular Hbond substituents is 2. The highest BCUT2D eigenvalue weighted by Crippen LogP contribution is 2.45. The van der Waals surface area contributed by atoms with Crippen LogP contribution in [0.2, 0.25) is 0 Å². The van der Waals surface area contributed by atoms with Crippen LogP contribution in [0, 0.1) is 0 Å². The minimum absolute atomic E-state index is 0.0546. The third-order valence-corrected chi connectivity index (χ3v) is 6.54. The van der Waals surface area contributed by atoms with Crippen LogP contribution in [0.3, 0.4) is 0 Å². The second-order valence-corrected chi connectivity index (χ2v) is 8.58. The van der Waals surface area contributed by atoms with E-state index in [0.29, 0.717) is 13.2 Å². The van der Waals surface area contributed by atoms with Gasteiger partial charge in [-0.2, -0.15) is 0 Å². The van der Waals surface area contributed by atoms with Gasteiger partial charge in [0, 0.05) is 18.0 Å². The molecule has 0 bridgehead atoms. The average Bonchev–Trinajstić information content (AvgIpc) is 2.99. The minimum Gasteiger partial charge on any atom is -0.508 e. The van der Waals surface area contributed by atoms with Gasteiger partial charge in [-0.3, -0.25) is 0 Å². The van der Waals surface area contributed by atoms with E-state index in [4.69, 9.17) is 9.47 Å². The second-order valence-electron chi connectivity index (χ2n) is 8.58. The van der Waals surface area contributed by atoms with Gasteiger partial charge < -0.3 is 24.6 Å². The lowest BCUT2D eigenvalue weighted by molar-refractivity contribution is 0.223. The van der Waals surface area contributed by atoms with Gasteiger partial charge in [-0.1, -0.05) is 38.1 Å². The van der Waals surface area contributed by atoms with E-state index in [2.05, 4.69) is 30.9 Å². The Balaban J connectivity index is 1.66. The van der Waals surface area contributed by atoms with Gasteiger partial charge in [0.25, 0.3) is 0 Å². The standard InChI is InChI=1S/C29H33NO4/c1-4-30(5-2)15-16-33-25-12-9-21(10-13-25)27-19-34-28-14-11-24(32)18-26(28)20(3)29(27)22-7-6-8-23(31)17-22/h6-14,17-18,27,31-32H,4-5,15-16,19H2,1-3H3. The van der Waals surface area contributed by atoms with Crippen molar-refractivity contribution in [1.29, 1.82) is 0 Å². The van der Waals surface area contributed by atoms with Gasteiger partial charge in [0.1, 0.15) is 29.6 Å². The predicted molar refractivity (Wildman–Crippen MR) is 137 cm³/mol. The van der Waals surface area contributed by atoms with Gasteiger partial charge in [0.05, 0.1) is 6.61 Å². The Morgan fingerprint density at radius 1 is 0.941 bits per heavy atom. The first kappa shape index (κ1) is 23.7. The molecule has 0 aliphatic carbocycles. The molecule has 3 aromatic rings. The molecule has 0 saturated carbocycles. The summed E-state index contributed by atoms with van der Waals surface area (Å²) in [6.07, 6.45) is 0. The number of benzene rings is 3. The molecule has 1 aliphatic heterocycles. The summed E-state index contributed by atoms with van der Waals surface area (Å²) in [4.78, 5) is 2.34. The molecule has 1 aliphatic rings. The fraction of sp³-hybridized carbons (Fsp3) is 0.310. The number of fused-ring (bicyclic) bond motifs is 1. The topological polar surface area (TPSA) is 62.2 Å². The zero-order valence-corrected chi connectivity index (χ0v) is 20.1. The fourth-order valence-electron chi connectivity index (χ4n) is 4.58. The first-order chi connectivity index (χ1) is 16.5. The number of ether oxygens (including phenoxy) is 2. The highest BCUT2D eigenvalue weighted by atomic mass is 16.5. The molecule has 0 aromatic heterocycles. The molecule has 34 heavy (non-hydrogen) atoms. The number of rotatable bonds is 8. The van der Waals surface area contributed by atoms with Crippen LogP contribution in [0.1, 0.15) is 43.4 Å². The number of aromatic hydroxyl groups is 2. The van der Waals surface area contributed by atoms with Crippen LogP contribution >= 0.6 is 0 Å². The summed E-state index contributed by atoms with van der Waals surface area (Å²) in [5.41, 5.74) is 4.97. The van der Waals surface area contributed by atoms with Crippen LogP contribution in [0.4, 0.5) is 0 Å². The Morgan fingerprint density at radius 2 is 1.68 bits per heavy atom. The highest BCUT2D eigenvalue weighted by molar-refractivity contribution is 5.95. The van der Waals surface area contributed by atoms with E-state index in [-0.39, 0.29) is 17.4 Å². The van der Waals surface area contributed by atoms with Crippen molar-refractivity contribution in [3.63, 3.8) is 0 Å². The van der Waals surface area contributed by atoms with Crippen LogP contribution in [-0.4, -0.2) is 48.0 Å². The van der Waals surface area contributed by atoms with E-state index in [9.17, 15) is 10.2 Å². The molecule has 2 N–H and O–H groups in total. The molecule has 0 spiro atoms. The van der Waals surface area contributed by atoms with Crippen molar-refractivity contribution >= 4 is 11.1 Å². The maximum Gasteiger partial charge on any atom is 0.127 e. The Morgan fingerprint density at radius 3 is 2.38 bits per heavy atom. The zero-order chi connectivity index (χ0) is 24.1. The predicted octanol–water partition coefficient (Wildman–Crippen LogP) is 5.93. The number of likely N-dealkylation sites (N-methyl/N-ethyl adjacent to an activating group) is 1. The van der Waals surface area contributed by atoms with Crippen LogP contribution in [0.25, 0.3) is 11.1 Å². The summed E-state index contributed by atoms with van der Waals surface area (Å²) in [6, 6.07) is 20.7. The SMILES string of the molecule is CCN(CC)CCOc1ccc(C2COc3ccc(O)cc3C(C)=C2c2cccc(O)c2)cc1. The largest absolute Gasteiger partial charge is 0.508 e. The first-order valence-corrected chi connectivity index (χ1v) is 11.9. The third kappa shape index (κ3) is 5.20. The van der Waals surface area contributed by atoms with Crippen LogP contribution < -0.4 is 9.47 Å². The van der Waals surface area contributed by atoms with E-state index < -0.39 is 0 Å². The normalized spacial score (nSPS) is 15.6. The summed E-state index contributed by atoms with van der Waals surface area (Å²) >= 11 is 0. The van der Waals surface area contributed by atoms with E-state index in [1.807, 2.05) is 37.3 Å². The molecule has 4 rings (SSSR count). The van der Waals surface area contributed by atoms with Crippen molar-refractivity contribution < 1.29 is 19.7 Å². The molecule has 0 saturated heterocycles. The lowest BCUT2D eigenvalue weighted by Gasteiger charge is -2.22. The molecule has 5 nitrogen and oxygen atoms in total. The molecule has 1 atom stereocenters. The Kier molecular flexibility index (Phi) is 7.43. The van der Waals surface area contributed by atoms with Crippen LogP contribution in [-0.2, 0) is 0 Å². The Bertz CT molecular complexity index is 1150. The summed E-state index contributed by atoms with van der Waals surface area (Å²) in [7, 11) is 0. The summed E-state index contributed by atoms with van der Waals surface area (Å²) in [5, 5.41) is 20.3. The number of nitrogens with zero attached hydrogens (tertiary/aromatic N) is 1. The van der Waals surface area contributed by atoms with Crippen molar-refractivity contribution in [3.05, 3.63) is 83.4 Å². The number of allylic oxidation sites excluding steroid dienone is 1. The molecular weight excluding hydrogens is 426 g/mol. The van der Waals surface area contributed by atoms with Crippen molar-refractivity contribution in [3.8, 4) is 23.0 Å². The van der Waals surface area contributed by atoms with Gasteiger partial charge in [0.2, 0.25) is 0 Å². The molecule has 0 amide bonds. The molecule has 3 aromatic carbocycles. The molecule has 178 valence electrons. The smallest absolute Gasteiger partial charge is 0.127 e. The molecule has 0 fully saturated rings. The maximum absolute atomic E-state index is 10.2. The first-order valence-electron chi connectivity index (χ1n) is 11.9. The summed E-state index contributed by atoms with van der Waals surface area (Å²) in [6.45, 7) is 10.4. The van der Waals surface area contributed by atoms with Gasteiger partial charge in [0.15, 0.2) is 0 Å². The second kappa shape index (κ2) is 10.7. The lowest BCUT2D eigenvalue weighted by Crippen LogP contribution is -2.27.